The molecule has 0 radical (unpaired) electrons. The minimum Gasteiger partial charge on any atom is -0.493 e. The van der Waals surface area contributed by atoms with Crippen LogP contribution in [-0.4, -0.2) is 31.0 Å². The van der Waals surface area contributed by atoms with E-state index in [4.69, 9.17) is 9.47 Å². The van der Waals surface area contributed by atoms with Crippen LogP contribution in [0.3, 0.4) is 0 Å². The van der Waals surface area contributed by atoms with Gasteiger partial charge < -0.3 is 14.8 Å². The molecular weight excluding hydrogens is 354 g/mol. The second-order valence-corrected chi connectivity index (χ2v) is 6.06. The van der Waals surface area contributed by atoms with Gasteiger partial charge >= 0.3 is 0 Å². The molecule has 2 aromatic carbocycles. The first-order valence-electron chi connectivity index (χ1n) is 8.18. The second kappa shape index (κ2) is 7.35. The Morgan fingerprint density at radius 3 is 2.46 bits per heavy atom. The van der Waals surface area contributed by atoms with Gasteiger partial charge in [0, 0.05) is 17.5 Å². The zero-order valence-corrected chi connectivity index (χ0v) is 15.4. The Morgan fingerprint density at radius 2 is 1.73 bits per heavy atom. The normalized spacial score (nSPS) is 13.0. The van der Waals surface area contributed by atoms with Crippen molar-refractivity contribution in [3.05, 3.63) is 51.8 Å². The molecule has 0 bridgehead atoms. The van der Waals surface area contributed by atoms with Crippen LogP contribution in [0.1, 0.15) is 11.1 Å². The van der Waals surface area contributed by atoms with Crippen molar-refractivity contribution in [1.29, 1.82) is 0 Å². The van der Waals surface area contributed by atoms with Gasteiger partial charge in [-0.1, -0.05) is 12.1 Å². The van der Waals surface area contributed by atoms with Gasteiger partial charge in [0.15, 0.2) is 11.5 Å². The van der Waals surface area contributed by atoms with Crippen LogP contribution in [0.15, 0.2) is 35.1 Å². The standard InChI is InChI=1S/C19H19N3O3.ClH/c1-24-16-8-14-15(9-17(16)25-2)19(23)22-21-18(14)12-3-4-13-10-20-6-5-11(13)7-12;/h3-4,7-9,20H,5-6,10H2,1-2H3,(H,22,23);1H. The average Bonchev–Trinajstić information content (AvgIpc) is 2.67. The van der Waals surface area contributed by atoms with Gasteiger partial charge in [0.25, 0.3) is 5.56 Å². The largest absolute Gasteiger partial charge is 0.493 e. The highest BCUT2D eigenvalue weighted by molar-refractivity contribution is 5.96. The number of benzene rings is 2. The maximum Gasteiger partial charge on any atom is 0.272 e. The topological polar surface area (TPSA) is 76.2 Å². The second-order valence-electron chi connectivity index (χ2n) is 6.06. The fourth-order valence-corrected chi connectivity index (χ4v) is 3.33. The van der Waals surface area contributed by atoms with E-state index in [-0.39, 0.29) is 18.0 Å². The summed E-state index contributed by atoms with van der Waals surface area (Å²) in [5.74, 6) is 1.10. The zero-order valence-electron chi connectivity index (χ0n) is 14.6. The molecule has 4 rings (SSSR count). The summed E-state index contributed by atoms with van der Waals surface area (Å²) in [5, 5.41) is 11.5. The van der Waals surface area contributed by atoms with Crippen LogP contribution < -0.4 is 20.3 Å². The summed E-state index contributed by atoms with van der Waals surface area (Å²) in [6.07, 6.45) is 0.988. The van der Waals surface area contributed by atoms with Crippen molar-refractivity contribution >= 4 is 23.2 Å². The van der Waals surface area contributed by atoms with E-state index in [0.717, 1.165) is 36.2 Å². The Bertz CT molecular complexity index is 1020. The van der Waals surface area contributed by atoms with E-state index < -0.39 is 0 Å². The van der Waals surface area contributed by atoms with Crippen molar-refractivity contribution in [1.82, 2.24) is 15.5 Å². The predicted octanol–water partition coefficient (Wildman–Crippen LogP) is 2.67. The number of methoxy groups -OCH3 is 2. The van der Waals surface area contributed by atoms with E-state index >= 15 is 0 Å². The van der Waals surface area contributed by atoms with E-state index in [1.807, 2.05) is 12.1 Å². The number of aromatic amines is 1. The van der Waals surface area contributed by atoms with Gasteiger partial charge in [0.2, 0.25) is 0 Å². The minimum atomic E-state index is -0.248. The van der Waals surface area contributed by atoms with Gasteiger partial charge in [-0.2, -0.15) is 5.10 Å². The van der Waals surface area contributed by atoms with Gasteiger partial charge in [-0.25, -0.2) is 5.10 Å². The number of fused-ring (bicyclic) bond motifs is 2. The third-order valence-electron chi connectivity index (χ3n) is 4.66. The van der Waals surface area contributed by atoms with Crippen molar-refractivity contribution < 1.29 is 9.47 Å². The lowest BCUT2D eigenvalue weighted by molar-refractivity contribution is 0.356. The number of aromatic nitrogens is 2. The fraction of sp³-hybridized carbons (Fsp3) is 0.263. The Hall–Kier alpha value is -2.57. The average molecular weight is 374 g/mol. The number of hydrogen-bond acceptors (Lipinski definition) is 5. The molecule has 0 unspecified atom stereocenters. The predicted molar refractivity (Wildman–Crippen MR) is 104 cm³/mol. The molecule has 6 nitrogen and oxygen atoms in total. The van der Waals surface area contributed by atoms with Crippen LogP contribution in [-0.2, 0) is 13.0 Å². The molecule has 0 saturated carbocycles. The maximum atomic E-state index is 12.2. The summed E-state index contributed by atoms with van der Waals surface area (Å²) < 4.78 is 10.7. The van der Waals surface area contributed by atoms with E-state index in [0.29, 0.717) is 16.9 Å². The van der Waals surface area contributed by atoms with Crippen LogP contribution in [0, 0.1) is 0 Å². The summed E-state index contributed by atoms with van der Waals surface area (Å²) in [4.78, 5) is 12.2. The summed E-state index contributed by atoms with van der Waals surface area (Å²) in [5.41, 5.74) is 4.09. The first-order valence-corrected chi connectivity index (χ1v) is 8.18. The van der Waals surface area contributed by atoms with Crippen LogP contribution in [0.25, 0.3) is 22.0 Å². The van der Waals surface area contributed by atoms with Crippen LogP contribution in [0.5, 0.6) is 11.5 Å². The summed E-state index contributed by atoms with van der Waals surface area (Å²) in [6, 6.07) is 9.83. The molecule has 7 heteroatoms. The molecule has 0 fully saturated rings. The molecule has 1 aromatic heterocycles. The van der Waals surface area contributed by atoms with Gasteiger partial charge in [-0.15, -0.1) is 12.4 Å². The lowest BCUT2D eigenvalue weighted by atomic mass is 9.96. The third kappa shape index (κ3) is 3.02. The molecule has 2 heterocycles. The highest BCUT2D eigenvalue weighted by Crippen LogP contribution is 2.35. The Morgan fingerprint density at radius 1 is 1.00 bits per heavy atom. The molecular formula is C19H20ClN3O3. The zero-order chi connectivity index (χ0) is 17.4. The Balaban J connectivity index is 0.00000196. The van der Waals surface area contributed by atoms with Gasteiger partial charge in [0.1, 0.15) is 0 Å². The molecule has 26 heavy (non-hydrogen) atoms. The number of halogens is 1. The quantitative estimate of drug-likeness (QED) is 0.738. The minimum absolute atomic E-state index is 0. The summed E-state index contributed by atoms with van der Waals surface area (Å²) in [7, 11) is 3.13. The number of hydrogen-bond donors (Lipinski definition) is 2. The van der Waals surface area contributed by atoms with Crippen molar-refractivity contribution in [3.63, 3.8) is 0 Å². The molecule has 2 N–H and O–H groups in total. The lowest BCUT2D eigenvalue weighted by Crippen LogP contribution is -2.23. The molecule has 1 aliphatic rings. The smallest absolute Gasteiger partial charge is 0.272 e. The van der Waals surface area contributed by atoms with Crippen molar-refractivity contribution in [2.45, 2.75) is 13.0 Å². The van der Waals surface area contributed by atoms with E-state index in [1.165, 1.54) is 11.1 Å². The molecule has 136 valence electrons. The molecule has 0 atom stereocenters. The van der Waals surface area contributed by atoms with E-state index in [1.54, 1.807) is 20.3 Å². The molecule has 0 saturated heterocycles. The Kier molecular flexibility index (Phi) is 5.15. The number of nitrogens with zero attached hydrogens (tertiary/aromatic N) is 1. The fourth-order valence-electron chi connectivity index (χ4n) is 3.33. The molecule has 0 aliphatic carbocycles. The molecule has 0 spiro atoms. The lowest BCUT2D eigenvalue weighted by Gasteiger charge is -2.18. The van der Waals surface area contributed by atoms with Gasteiger partial charge in [0.05, 0.1) is 25.3 Å². The Labute approximate surface area is 156 Å². The monoisotopic (exact) mass is 373 g/mol. The number of rotatable bonds is 3. The van der Waals surface area contributed by atoms with Crippen molar-refractivity contribution in [3.8, 4) is 22.8 Å². The summed E-state index contributed by atoms with van der Waals surface area (Å²) >= 11 is 0. The van der Waals surface area contributed by atoms with E-state index in [9.17, 15) is 4.79 Å². The first-order chi connectivity index (χ1) is 12.2. The third-order valence-corrected chi connectivity index (χ3v) is 4.66. The molecule has 0 amide bonds. The highest BCUT2D eigenvalue weighted by Gasteiger charge is 2.16. The highest BCUT2D eigenvalue weighted by atomic mass is 35.5. The van der Waals surface area contributed by atoms with Crippen LogP contribution in [0.4, 0.5) is 0 Å². The first kappa shape index (κ1) is 18.2. The van der Waals surface area contributed by atoms with Gasteiger partial charge in [-0.3, -0.25) is 4.79 Å². The van der Waals surface area contributed by atoms with Crippen molar-refractivity contribution in [2.24, 2.45) is 0 Å². The SMILES string of the molecule is COc1cc2c(-c3ccc4c(c3)CCNC4)n[nH]c(=O)c2cc1OC.Cl. The molecule has 1 aliphatic heterocycles. The van der Waals surface area contributed by atoms with Gasteiger partial charge in [-0.05, 0) is 42.3 Å². The van der Waals surface area contributed by atoms with E-state index in [2.05, 4.69) is 27.6 Å². The number of ether oxygens (including phenoxy) is 2. The maximum absolute atomic E-state index is 12.2. The number of H-pyrrole nitrogens is 1. The van der Waals surface area contributed by atoms with Crippen LogP contribution >= 0.6 is 12.4 Å². The summed E-state index contributed by atoms with van der Waals surface area (Å²) in [6.45, 7) is 1.86. The molecule has 3 aromatic rings. The van der Waals surface area contributed by atoms with Crippen LogP contribution in [0.2, 0.25) is 0 Å². The van der Waals surface area contributed by atoms with Crippen molar-refractivity contribution in [2.75, 3.05) is 20.8 Å². The number of nitrogens with one attached hydrogen (secondary N) is 2.